The van der Waals surface area contributed by atoms with E-state index in [1.807, 2.05) is 35.1 Å². The molecule has 4 heteroatoms. The molecule has 0 spiro atoms. The lowest BCUT2D eigenvalue weighted by molar-refractivity contribution is 0.659. The molecule has 16 heavy (non-hydrogen) atoms. The van der Waals surface area contributed by atoms with Crippen molar-refractivity contribution >= 4 is 0 Å². The molecule has 2 aromatic heterocycles. The summed E-state index contributed by atoms with van der Waals surface area (Å²) in [6.45, 7) is 4.61. The van der Waals surface area contributed by atoms with Gasteiger partial charge in [-0.05, 0) is 24.7 Å². The maximum atomic E-state index is 4.56. The number of hydrogen-bond acceptors (Lipinski definition) is 3. The summed E-state index contributed by atoms with van der Waals surface area (Å²) in [6, 6.07) is 8.02. The largest absolute Gasteiger partial charge is 0.311 e. The van der Waals surface area contributed by atoms with Gasteiger partial charge in [-0.1, -0.05) is 13.0 Å². The van der Waals surface area contributed by atoms with Gasteiger partial charge in [-0.15, -0.1) is 0 Å². The van der Waals surface area contributed by atoms with E-state index in [0.717, 1.165) is 31.0 Å². The highest BCUT2D eigenvalue weighted by Gasteiger charge is 1.98. The molecule has 0 unspecified atom stereocenters. The average molecular weight is 216 g/mol. The average Bonchev–Trinajstić information content (AvgIpc) is 2.80. The van der Waals surface area contributed by atoms with Crippen LogP contribution in [0.2, 0.25) is 0 Å². The van der Waals surface area contributed by atoms with Crippen molar-refractivity contribution in [2.45, 2.75) is 20.0 Å². The maximum Gasteiger partial charge on any atom is 0.0831 e. The molecule has 0 radical (unpaired) electrons. The fourth-order valence-corrected chi connectivity index (χ4v) is 1.53. The van der Waals surface area contributed by atoms with Gasteiger partial charge in [0.15, 0.2) is 0 Å². The Hall–Kier alpha value is -1.68. The minimum absolute atomic E-state index is 0.729. The number of pyridine rings is 1. The van der Waals surface area contributed by atoms with Crippen LogP contribution in [0.3, 0.4) is 0 Å². The third-order valence-corrected chi connectivity index (χ3v) is 2.30. The third-order valence-electron chi connectivity index (χ3n) is 2.30. The lowest BCUT2D eigenvalue weighted by Gasteiger charge is -2.05. The Morgan fingerprint density at radius 1 is 1.25 bits per heavy atom. The lowest BCUT2D eigenvalue weighted by atomic mass is 10.3. The van der Waals surface area contributed by atoms with Crippen molar-refractivity contribution in [1.82, 2.24) is 20.1 Å². The molecule has 0 saturated heterocycles. The molecule has 0 atom stereocenters. The number of nitrogens with zero attached hydrogens (tertiary/aromatic N) is 3. The molecule has 0 amide bonds. The Morgan fingerprint density at radius 3 is 2.88 bits per heavy atom. The van der Waals surface area contributed by atoms with Crippen molar-refractivity contribution in [2.24, 2.45) is 0 Å². The molecule has 0 aliphatic carbocycles. The summed E-state index contributed by atoms with van der Waals surface area (Å²) < 4.78 is 1.87. The predicted molar refractivity (Wildman–Crippen MR) is 62.9 cm³/mol. The van der Waals surface area contributed by atoms with E-state index in [1.165, 1.54) is 0 Å². The Morgan fingerprint density at radius 2 is 2.12 bits per heavy atom. The van der Waals surface area contributed by atoms with Gasteiger partial charge < -0.3 is 5.32 Å². The van der Waals surface area contributed by atoms with Crippen molar-refractivity contribution in [3.05, 3.63) is 48.0 Å². The van der Waals surface area contributed by atoms with E-state index < -0.39 is 0 Å². The highest BCUT2D eigenvalue weighted by Crippen LogP contribution is 2.01. The first kappa shape index (κ1) is 10.8. The Balaban J connectivity index is 2.04. The summed E-state index contributed by atoms with van der Waals surface area (Å²) in [5.74, 6) is 0. The number of aromatic nitrogens is 3. The molecule has 2 heterocycles. The molecule has 0 fully saturated rings. The summed E-state index contributed by atoms with van der Waals surface area (Å²) >= 11 is 0. The van der Waals surface area contributed by atoms with Crippen LogP contribution < -0.4 is 5.32 Å². The summed E-state index contributed by atoms with van der Waals surface area (Å²) in [7, 11) is 0. The summed E-state index contributed by atoms with van der Waals surface area (Å²) in [5.41, 5.74) is 2.12. The topological polar surface area (TPSA) is 42.7 Å². The van der Waals surface area contributed by atoms with Crippen LogP contribution in [-0.2, 0) is 13.1 Å². The van der Waals surface area contributed by atoms with Crippen molar-refractivity contribution in [3.8, 4) is 0 Å². The molecule has 2 rings (SSSR count). The minimum Gasteiger partial charge on any atom is -0.311 e. The van der Waals surface area contributed by atoms with E-state index in [-0.39, 0.29) is 0 Å². The van der Waals surface area contributed by atoms with Crippen LogP contribution in [0.15, 0.2) is 36.7 Å². The monoisotopic (exact) mass is 216 g/mol. The standard InChI is InChI=1S/C12H16N4/c1-2-13-9-11-5-3-6-12(15-11)10-16-8-4-7-14-16/h3-8,13H,2,9-10H2,1H3. The first-order chi connectivity index (χ1) is 7.88. The quantitative estimate of drug-likeness (QED) is 0.822. The van der Waals surface area contributed by atoms with E-state index in [2.05, 4.69) is 22.3 Å². The van der Waals surface area contributed by atoms with Crippen LogP contribution in [-0.4, -0.2) is 21.3 Å². The number of hydrogen-bond donors (Lipinski definition) is 1. The first-order valence-corrected chi connectivity index (χ1v) is 5.51. The van der Waals surface area contributed by atoms with Gasteiger partial charge in [0.05, 0.1) is 17.9 Å². The fraction of sp³-hybridized carbons (Fsp3) is 0.333. The molecule has 0 aliphatic rings. The van der Waals surface area contributed by atoms with Gasteiger partial charge in [-0.25, -0.2) is 0 Å². The molecule has 84 valence electrons. The highest BCUT2D eigenvalue weighted by molar-refractivity contribution is 5.11. The SMILES string of the molecule is CCNCc1cccc(Cn2cccn2)n1. The second-order valence-corrected chi connectivity index (χ2v) is 3.60. The van der Waals surface area contributed by atoms with Gasteiger partial charge >= 0.3 is 0 Å². The molecule has 0 saturated carbocycles. The van der Waals surface area contributed by atoms with Crippen LogP contribution in [0, 0.1) is 0 Å². The van der Waals surface area contributed by atoms with Crippen LogP contribution in [0.25, 0.3) is 0 Å². The minimum atomic E-state index is 0.729. The number of nitrogens with one attached hydrogen (secondary N) is 1. The zero-order valence-electron chi connectivity index (χ0n) is 9.43. The van der Waals surface area contributed by atoms with Crippen molar-refractivity contribution in [2.75, 3.05) is 6.54 Å². The summed E-state index contributed by atoms with van der Waals surface area (Å²) in [4.78, 5) is 4.56. The van der Waals surface area contributed by atoms with Crippen LogP contribution in [0.5, 0.6) is 0 Å². The zero-order valence-corrected chi connectivity index (χ0v) is 9.43. The van der Waals surface area contributed by atoms with Gasteiger partial charge in [0, 0.05) is 18.9 Å². The normalized spacial score (nSPS) is 10.6. The fourth-order valence-electron chi connectivity index (χ4n) is 1.53. The predicted octanol–water partition coefficient (Wildman–Crippen LogP) is 1.44. The van der Waals surface area contributed by atoms with Crippen molar-refractivity contribution in [1.29, 1.82) is 0 Å². The van der Waals surface area contributed by atoms with E-state index in [1.54, 1.807) is 6.20 Å². The molecular formula is C12H16N4. The Bertz CT molecular complexity index is 422. The van der Waals surface area contributed by atoms with Crippen LogP contribution in [0.1, 0.15) is 18.3 Å². The second-order valence-electron chi connectivity index (χ2n) is 3.60. The highest BCUT2D eigenvalue weighted by atomic mass is 15.3. The summed E-state index contributed by atoms with van der Waals surface area (Å²) in [5, 5.41) is 7.43. The van der Waals surface area contributed by atoms with Crippen molar-refractivity contribution < 1.29 is 0 Å². The van der Waals surface area contributed by atoms with E-state index >= 15 is 0 Å². The molecule has 4 nitrogen and oxygen atoms in total. The smallest absolute Gasteiger partial charge is 0.0831 e. The van der Waals surface area contributed by atoms with Crippen LogP contribution in [0.4, 0.5) is 0 Å². The van der Waals surface area contributed by atoms with E-state index in [0.29, 0.717) is 0 Å². The molecule has 0 aliphatic heterocycles. The van der Waals surface area contributed by atoms with Crippen molar-refractivity contribution in [3.63, 3.8) is 0 Å². The first-order valence-electron chi connectivity index (χ1n) is 5.51. The van der Waals surface area contributed by atoms with Crippen LogP contribution >= 0.6 is 0 Å². The molecular weight excluding hydrogens is 200 g/mol. The van der Waals surface area contributed by atoms with Gasteiger partial charge in [0.2, 0.25) is 0 Å². The molecule has 2 aromatic rings. The van der Waals surface area contributed by atoms with Gasteiger partial charge in [-0.2, -0.15) is 5.10 Å². The van der Waals surface area contributed by atoms with Gasteiger partial charge in [0.1, 0.15) is 0 Å². The lowest BCUT2D eigenvalue weighted by Crippen LogP contribution is -2.13. The number of rotatable bonds is 5. The third kappa shape index (κ3) is 2.90. The molecule has 0 bridgehead atoms. The Kier molecular flexibility index (Phi) is 3.66. The Labute approximate surface area is 95.3 Å². The van der Waals surface area contributed by atoms with E-state index in [4.69, 9.17) is 0 Å². The van der Waals surface area contributed by atoms with E-state index in [9.17, 15) is 0 Å². The molecule has 1 N–H and O–H groups in total. The maximum absolute atomic E-state index is 4.56. The van der Waals surface area contributed by atoms with Gasteiger partial charge in [0.25, 0.3) is 0 Å². The second kappa shape index (κ2) is 5.42. The zero-order chi connectivity index (χ0) is 11.2. The van der Waals surface area contributed by atoms with Gasteiger partial charge in [-0.3, -0.25) is 9.67 Å². The summed E-state index contributed by atoms with van der Waals surface area (Å²) in [6.07, 6.45) is 3.72. The molecule has 0 aromatic carbocycles.